The molecule has 6 heteroatoms. The number of ether oxygens (including phenoxy) is 1. The van der Waals surface area contributed by atoms with Crippen molar-refractivity contribution < 1.29 is 14.3 Å². The molecule has 1 N–H and O–H groups in total. The second kappa shape index (κ2) is 8.98. The van der Waals surface area contributed by atoms with Gasteiger partial charge in [-0.2, -0.15) is 0 Å². The van der Waals surface area contributed by atoms with E-state index in [0.717, 1.165) is 11.1 Å². The molecule has 3 aromatic carbocycles. The molecule has 0 saturated heterocycles. The van der Waals surface area contributed by atoms with Crippen LogP contribution in [0.2, 0.25) is 5.02 Å². The first-order valence-corrected chi connectivity index (χ1v) is 10.1. The van der Waals surface area contributed by atoms with Crippen molar-refractivity contribution in [3.8, 4) is 11.3 Å². The highest BCUT2D eigenvalue weighted by Gasteiger charge is 2.16. The molecule has 0 bridgehead atoms. The third-order valence-corrected chi connectivity index (χ3v) is 5.00. The van der Waals surface area contributed by atoms with Gasteiger partial charge in [-0.1, -0.05) is 59.6 Å². The summed E-state index contributed by atoms with van der Waals surface area (Å²) in [5, 5.41) is 3.99. The Labute approximate surface area is 184 Å². The Morgan fingerprint density at radius 1 is 0.968 bits per heavy atom. The van der Waals surface area contributed by atoms with E-state index in [1.54, 1.807) is 36.4 Å². The first kappa shape index (κ1) is 20.6. The summed E-state index contributed by atoms with van der Waals surface area (Å²) >= 11 is 5.98. The Morgan fingerprint density at radius 2 is 1.68 bits per heavy atom. The second-order valence-electron chi connectivity index (χ2n) is 7.07. The third-order valence-electron chi connectivity index (χ3n) is 4.75. The molecule has 1 amide bonds. The average molecular weight is 431 g/mol. The largest absolute Gasteiger partial charge is 0.452 e. The van der Waals surface area contributed by atoms with Gasteiger partial charge in [0.25, 0.3) is 5.91 Å². The summed E-state index contributed by atoms with van der Waals surface area (Å²) in [5.41, 5.74) is 4.17. The molecular weight excluding hydrogens is 412 g/mol. The van der Waals surface area contributed by atoms with E-state index in [4.69, 9.17) is 16.3 Å². The maximum atomic E-state index is 12.8. The Bertz CT molecular complexity index is 1250. The van der Waals surface area contributed by atoms with Crippen molar-refractivity contribution in [2.45, 2.75) is 6.92 Å². The number of esters is 1. The minimum absolute atomic E-state index is 0.346. The lowest BCUT2D eigenvalue weighted by atomic mass is 10.0. The number of hydrogen-bond donors (Lipinski definition) is 1. The summed E-state index contributed by atoms with van der Waals surface area (Å²) in [4.78, 5) is 29.7. The predicted octanol–water partition coefficient (Wildman–Crippen LogP) is 5.66. The number of amides is 1. The van der Waals surface area contributed by atoms with E-state index in [0.29, 0.717) is 32.9 Å². The zero-order chi connectivity index (χ0) is 21.8. The molecule has 154 valence electrons. The highest BCUT2D eigenvalue weighted by Crippen LogP contribution is 2.26. The van der Waals surface area contributed by atoms with Crippen LogP contribution in [0, 0.1) is 6.92 Å². The van der Waals surface area contributed by atoms with Crippen LogP contribution in [0.1, 0.15) is 15.9 Å². The maximum Gasteiger partial charge on any atom is 0.339 e. The van der Waals surface area contributed by atoms with Crippen molar-refractivity contribution in [3.63, 3.8) is 0 Å². The number of hydrogen-bond acceptors (Lipinski definition) is 4. The fraction of sp³-hybridized carbons (Fsp3) is 0.0800. The van der Waals surface area contributed by atoms with Gasteiger partial charge in [0.05, 0.1) is 16.8 Å². The van der Waals surface area contributed by atoms with Crippen molar-refractivity contribution in [1.29, 1.82) is 0 Å². The fourth-order valence-electron chi connectivity index (χ4n) is 3.16. The van der Waals surface area contributed by atoms with Crippen LogP contribution in [0.15, 0.2) is 78.9 Å². The van der Waals surface area contributed by atoms with E-state index in [1.807, 2.05) is 49.4 Å². The van der Waals surface area contributed by atoms with Gasteiger partial charge >= 0.3 is 5.97 Å². The second-order valence-corrected chi connectivity index (χ2v) is 7.51. The molecule has 0 aliphatic heterocycles. The molecule has 0 unspecified atom stereocenters. The van der Waals surface area contributed by atoms with Gasteiger partial charge in [0, 0.05) is 21.7 Å². The molecule has 0 saturated carbocycles. The summed E-state index contributed by atoms with van der Waals surface area (Å²) in [6.45, 7) is 1.57. The number of halogens is 1. The van der Waals surface area contributed by atoms with Crippen LogP contribution in [-0.4, -0.2) is 23.5 Å². The summed E-state index contributed by atoms with van der Waals surface area (Å²) in [6.07, 6.45) is 0. The van der Waals surface area contributed by atoms with E-state index in [-0.39, 0.29) is 6.61 Å². The van der Waals surface area contributed by atoms with Crippen LogP contribution in [0.3, 0.4) is 0 Å². The van der Waals surface area contributed by atoms with Gasteiger partial charge in [-0.15, -0.1) is 0 Å². The van der Waals surface area contributed by atoms with Crippen molar-refractivity contribution in [3.05, 3.63) is 95.0 Å². The number of carbonyl (C=O) groups is 2. The molecule has 0 atom stereocenters. The van der Waals surface area contributed by atoms with E-state index >= 15 is 0 Å². The van der Waals surface area contributed by atoms with Gasteiger partial charge in [-0.05, 0) is 43.3 Å². The smallest absolute Gasteiger partial charge is 0.339 e. The first-order chi connectivity index (χ1) is 15.0. The van der Waals surface area contributed by atoms with Crippen LogP contribution in [0.4, 0.5) is 5.69 Å². The molecule has 1 heterocycles. The van der Waals surface area contributed by atoms with Gasteiger partial charge in [0.1, 0.15) is 0 Å². The topological polar surface area (TPSA) is 68.3 Å². The molecular formula is C25H19ClN2O3. The molecule has 0 spiro atoms. The quantitative estimate of drug-likeness (QED) is 0.415. The zero-order valence-corrected chi connectivity index (χ0v) is 17.5. The van der Waals surface area contributed by atoms with Crippen LogP contribution < -0.4 is 5.32 Å². The van der Waals surface area contributed by atoms with Gasteiger partial charge in [0.2, 0.25) is 0 Å². The van der Waals surface area contributed by atoms with Crippen LogP contribution >= 0.6 is 11.6 Å². The summed E-state index contributed by atoms with van der Waals surface area (Å²) < 4.78 is 5.30. The predicted molar refractivity (Wildman–Crippen MR) is 122 cm³/mol. The number of rotatable bonds is 5. The van der Waals surface area contributed by atoms with E-state index in [9.17, 15) is 9.59 Å². The number of aromatic nitrogens is 1. The van der Waals surface area contributed by atoms with Crippen molar-refractivity contribution in [2.24, 2.45) is 0 Å². The molecule has 0 aliphatic rings. The zero-order valence-electron chi connectivity index (χ0n) is 16.8. The van der Waals surface area contributed by atoms with E-state index in [2.05, 4.69) is 10.3 Å². The molecule has 4 rings (SSSR count). The van der Waals surface area contributed by atoms with Crippen LogP contribution in [0.5, 0.6) is 0 Å². The van der Waals surface area contributed by atoms with Gasteiger partial charge in [-0.25, -0.2) is 9.78 Å². The Hall–Kier alpha value is -3.70. The molecule has 1 aromatic heterocycles. The number of nitrogens with zero attached hydrogens (tertiary/aromatic N) is 1. The lowest BCUT2D eigenvalue weighted by Gasteiger charge is -2.11. The molecule has 0 radical (unpaired) electrons. The van der Waals surface area contributed by atoms with Gasteiger partial charge in [0.15, 0.2) is 6.61 Å². The summed E-state index contributed by atoms with van der Waals surface area (Å²) in [6, 6.07) is 23.6. The van der Waals surface area contributed by atoms with Crippen LogP contribution in [-0.2, 0) is 9.53 Å². The summed E-state index contributed by atoms with van der Waals surface area (Å²) in [5.74, 6) is -0.999. The Balaban J connectivity index is 1.55. The first-order valence-electron chi connectivity index (χ1n) is 9.69. The number of aryl methyl sites for hydroxylation is 1. The minimum Gasteiger partial charge on any atom is -0.452 e. The van der Waals surface area contributed by atoms with Gasteiger partial charge < -0.3 is 10.1 Å². The standard InChI is InChI=1S/C25H19ClN2O3/c1-16-6-12-19(13-7-16)27-24(29)15-31-25(30)21-14-23(17-8-10-18(26)11-9-17)28-22-5-3-2-4-20(21)22/h2-14H,15H2,1H3,(H,27,29). The van der Waals surface area contributed by atoms with E-state index < -0.39 is 11.9 Å². The molecule has 5 nitrogen and oxygen atoms in total. The Morgan fingerprint density at radius 3 is 2.42 bits per heavy atom. The van der Waals surface area contributed by atoms with Crippen molar-refractivity contribution in [2.75, 3.05) is 11.9 Å². The number of carbonyl (C=O) groups excluding carboxylic acids is 2. The molecule has 4 aromatic rings. The number of nitrogens with one attached hydrogen (secondary N) is 1. The van der Waals surface area contributed by atoms with Crippen molar-refractivity contribution in [1.82, 2.24) is 4.98 Å². The monoisotopic (exact) mass is 430 g/mol. The van der Waals surface area contributed by atoms with Crippen LogP contribution in [0.25, 0.3) is 22.2 Å². The molecule has 0 aliphatic carbocycles. The average Bonchev–Trinajstić information content (AvgIpc) is 2.79. The highest BCUT2D eigenvalue weighted by atomic mass is 35.5. The summed E-state index contributed by atoms with van der Waals surface area (Å²) in [7, 11) is 0. The number of fused-ring (bicyclic) bond motifs is 1. The fourth-order valence-corrected chi connectivity index (χ4v) is 3.28. The number of pyridine rings is 1. The SMILES string of the molecule is Cc1ccc(NC(=O)COC(=O)c2cc(-c3ccc(Cl)cc3)nc3ccccc23)cc1. The van der Waals surface area contributed by atoms with Crippen molar-refractivity contribution >= 4 is 40.1 Å². The number of anilines is 1. The normalized spacial score (nSPS) is 10.6. The highest BCUT2D eigenvalue weighted by molar-refractivity contribution is 6.30. The van der Waals surface area contributed by atoms with Gasteiger partial charge in [-0.3, -0.25) is 4.79 Å². The molecule has 31 heavy (non-hydrogen) atoms. The van der Waals surface area contributed by atoms with E-state index in [1.165, 1.54) is 0 Å². The minimum atomic E-state index is -0.590. The molecule has 0 fully saturated rings. The number of benzene rings is 3. The number of para-hydroxylation sites is 1. The Kier molecular flexibility index (Phi) is 5.96. The third kappa shape index (κ3) is 4.90. The lowest BCUT2D eigenvalue weighted by Crippen LogP contribution is -2.21. The maximum absolute atomic E-state index is 12.8. The lowest BCUT2D eigenvalue weighted by molar-refractivity contribution is -0.119.